The zero-order valence-corrected chi connectivity index (χ0v) is 10.7. The Labute approximate surface area is 105 Å². The average molecular weight is 258 g/mol. The normalized spacial score (nSPS) is 18.8. The fourth-order valence-corrected chi connectivity index (χ4v) is 1.89. The van der Waals surface area contributed by atoms with Crippen LogP contribution in [0.1, 0.15) is 19.8 Å². The summed E-state index contributed by atoms with van der Waals surface area (Å²) >= 11 is 5.82. The maximum Gasteiger partial charge on any atom is 0.229 e. The summed E-state index contributed by atoms with van der Waals surface area (Å²) in [6.07, 6.45) is 1.84. The van der Waals surface area contributed by atoms with Gasteiger partial charge in [-0.15, -0.1) is 0 Å². The number of nitrogens with zero attached hydrogens (tertiary/aromatic N) is 3. The van der Waals surface area contributed by atoms with Gasteiger partial charge in [0, 0.05) is 25.8 Å². The van der Waals surface area contributed by atoms with Crippen LogP contribution in [-0.4, -0.2) is 40.8 Å². The molecule has 1 aromatic heterocycles. The number of anilines is 2. The van der Waals surface area contributed by atoms with Crippen LogP contribution in [0.2, 0.25) is 5.28 Å². The molecule has 0 amide bonds. The van der Waals surface area contributed by atoms with Crippen LogP contribution in [0.15, 0.2) is 0 Å². The second-order valence-corrected chi connectivity index (χ2v) is 4.64. The first kappa shape index (κ1) is 12.3. The van der Waals surface area contributed by atoms with Crippen molar-refractivity contribution in [2.45, 2.75) is 25.3 Å². The predicted molar refractivity (Wildman–Crippen MR) is 66.5 cm³/mol. The van der Waals surface area contributed by atoms with E-state index in [1.165, 1.54) is 0 Å². The lowest BCUT2D eigenvalue weighted by atomic mass is 9.93. The first-order valence-corrected chi connectivity index (χ1v) is 5.94. The van der Waals surface area contributed by atoms with E-state index in [1.807, 2.05) is 0 Å². The fraction of sp³-hybridized carbons (Fsp3) is 0.700. The van der Waals surface area contributed by atoms with Gasteiger partial charge in [-0.05, 0) is 31.4 Å². The van der Waals surface area contributed by atoms with Crippen LogP contribution in [0.25, 0.3) is 0 Å². The minimum atomic E-state index is -0.0477. The van der Waals surface area contributed by atoms with Gasteiger partial charge in [-0.3, -0.25) is 0 Å². The molecule has 0 bridgehead atoms. The summed E-state index contributed by atoms with van der Waals surface area (Å²) in [6.45, 7) is 3.63. The highest BCUT2D eigenvalue weighted by atomic mass is 35.5. The summed E-state index contributed by atoms with van der Waals surface area (Å²) in [4.78, 5) is 12.2. The third-order valence-corrected chi connectivity index (χ3v) is 3.01. The van der Waals surface area contributed by atoms with Crippen LogP contribution in [0.3, 0.4) is 0 Å². The third-order valence-electron chi connectivity index (χ3n) is 2.84. The molecule has 2 N–H and O–H groups in total. The number of nitrogens with one attached hydrogen (secondary N) is 2. The van der Waals surface area contributed by atoms with Gasteiger partial charge < -0.3 is 15.4 Å². The third kappa shape index (κ3) is 3.17. The van der Waals surface area contributed by atoms with E-state index in [-0.39, 0.29) is 10.8 Å². The second-order valence-electron chi connectivity index (χ2n) is 4.30. The molecule has 7 heteroatoms. The molecule has 0 radical (unpaired) electrons. The van der Waals surface area contributed by atoms with E-state index in [9.17, 15) is 0 Å². The molecular formula is C10H16ClN5O. The van der Waals surface area contributed by atoms with E-state index < -0.39 is 0 Å². The van der Waals surface area contributed by atoms with Gasteiger partial charge in [-0.2, -0.15) is 15.0 Å². The number of rotatable bonds is 3. The van der Waals surface area contributed by atoms with Gasteiger partial charge in [0.1, 0.15) is 0 Å². The van der Waals surface area contributed by atoms with Gasteiger partial charge in [0.2, 0.25) is 17.2 Å². The lowest BCUT2D eigenvalue weighted by Crippen LogP contribution is -2.41. The summed E-state index contributed by atoms with van der Waals surface area (Å²) < 4.78 is 5.34. The number of aromatic nitrogens is 3. The van der Waals surface area contributed by atoms with Gasteiger partial charge in [0.15, 0.2) is 0 Å². The highest BCUT2D eigenvalue weighted by Crippen LogP contribution is 2.24. The van der Waals surface area contributed by atoms with Gasteiger partial charge in [-0.25, -0.2) is 0 Å². The van der Waals surface area contributed by atoms with Gasteiger partial charge >= 0.3 is 0 Å². The molecule has 94 valence electrons. The average Bonchev–Trinajstić information content (AvgIpc) is 2.28. The molecular weight excluding hydrogens is 242 g/mol. The molecule has 0 spiro atoms. The maximum atomic E-state index is 5.82. The van der Waals surface area contributed by atoms with Crippen LogP contribution >= 0.6 is 11.6 Å². The number of hydrogen-bond acceptors (Lipinski definition) is 6. The Hall–Kier alpha value is -1.14. The molecule has 0 saturated carbocycles. The molecule has 1 fully saturated rings. The molecule has 17 heavy (non-hydrogen) atoms. The molecule has 1 aromatic rings. The molecule has 1 saturated heterocycles. The van der Waals surface area contributed by atoms with E-state index >= 15 is 0 Å². The smallest absolute Gasteiger partial charge is 0.229 e. The first-order chi connectivity index (χ1) is 8.11. The van der Waals surface area contributed by atoms with Crippen LogP contribution in [0, 0.1) is 0 Å². The van der Waals surface area contributed by atoms with E-state index in [2.05, 4.69) is 32.5 Å². The molecule has 2 heterocycles. The first-order valence-electron chi connectivity index (χ1n) is 5.57. The number of hydrogen-bond donors (Lipinski definition) is 2. The Bertz CT molecular complexity index is 394. The van der Waals surface area contributed by atoms with Crippen molar-refractivity contribution >= 4 is 23.5 Å². The molecule has 1 aliphatic heterocycles. The van der Waals surface area contributed by atoms with Crippen molar-refractivity contribution in [3.8, 4) is 0 Å². The largest absolute Gasteiger partial charge is 0.381 e. The Balaban J connectivity index is 2.14. The molecule has 0 unspecified atom stereocenters. The minimum absolute atomic E-state index is 0.0477. The van der Waals surface area contributed by atoms with Crippen molar-refractivity contribution < 1.29 is 4.74 Å². The van der Waals surface area contributed by atoms with E-state index in [0.29, 0.717) is 11.9 Å². The topological polar surface area (TPSA) is 72.0 Å². The van der Waals surface area contributed by atoms with E-state index in [1.54, 1.807) is 7.05 Å². The van der Waals surface area contributed by atoms with Crippen molar-refractivity contribution in [2.75, 3.05) is 30.9 Å². The van der Waals surface area contributed by atoms with Crippen molar-refractivity contribution in [1.29, 1.82) is 0 Å². The van der Waals surface area contributed by atoms with E-state index in [4.69, 9.17) is 16.3 Å². The quantitative estimate of drug-likeness (QED) is 0.856. The molecule has 2 rings (SSSR count). The Kier molecular flexibility index (Phi) is 3.63. The van der Waals surface area contributed by atoms with Crippen LogP contribution in [0.4, 0.5) is 11.9 Å². The Morgan fingerprint density at radius 2 is 1.82 bits per heavy atom. The Morgan fingerprint density at radius 3 is 2.47 bits per heavy atom. The van der Waals surface area contributed by atoms with Crippen molar-refractivity contribution in [2.24, 2.45) is 0 Å². The van der Waals surface area contributed by atoms with Gasteiger partial charge in [0.05, 0.1) is 0 Å². The molecule has 0 aromatic carbocycles. The highest BCUT2D eigenvalue weighted by Gasteiger charge is 2.28. The summed E-state index contributed by atoms with van der Waals surface area (Å²) in [5.41, 5.74) is -0.0477. The number of halogens is 1. The monoisotopic (exact) mass is 257 g/mol. The van der Waals surface area contributed by atoms with Crippen LogP contribution in [-0.2, 0) is 4.74 Å². The molecule has 6 nitrogen and oxygen atoms in total. The van der Waals surface area contributed by atoms with Gasteiger partial charge in [-0.1, -0.05) is 0 Å². The van der Waals surface area contributed by atoms with Crippen LogP contribution in [0.5, 0.6) is 0 Å². The predicted octanol–water partition coefficient (Wildman–Crippen LogP) is 1.55. The van der Waals surface area contributed by atoms with Crippen molar-refractivity contribution in [3.05, 3.63) is 5.28 Å². The van der Waals surface area contributed by atoms with Crippen molar-refractivity contribution in [3.63, 3.8) is 0 Å². The van der Waals surface area contributed by atoms with Crippen LogP contribution < -0.4 is 10.6 Å². The summed E-state index contributed by atoms with van der Waals surface area (Å²) in [7, 11) is 1.74. The summed E-state index contributed by atoms with van der Waals surface area (Å²) in [5.74, 6) is 0.960. The summed E-state index contributed by atoms with van der Waals surface area (Å²) in [5, 5.41) is 6.34. The number of ether oxygens (including phenoxy) is 1. The molecule has 0 atom stereocenters. The Morgan fingerprint density at radius 1 is 1.18 bits per heavy atom. The van der Waals surface area contributed by atoms with Gasteiger partial charge in [0.25, 0.3) is 0 Å². The zero-order chi connectivity index (χ0) is 12.3. The fourth-order valence-electron chi connectivity index (χ4n) is 1.73. The van der Waals surface area contributed by atoms with E-state index in [0.717, 1.165) is 26.1 Å². The highest BCUT2D eigenvalue weighted by molar-refractivity contribution is 6.28. The standard InChI is InChI=1S/C10H16ClN5O/c1-10(3-5-17-6-4-10)16-9-14-7(11)13-8(12-2)15-9/h3-6H2,1-2H3,(H2,12,13,14,15,16). The molecule has 0 aliphatic carbocycles. The second kappa shape index (κ2) is 5.01. The van der Waals surface area contributed by atoms with Crippen molar-refractivity contribution in [1.82, 2.24) is 15.0 Å². The zero-order valence-electron chi connectivity index (χ0n) is 9.96. The lowest BCUT2D eigenvalue weighted by molar-refractivity contribution is 0.0656. The SMILES string of the molecule is CNc1nc(Cl)nc(NC2(C)CCOCC2)n1. The molecule has 1 aliphatic rings. The lowest BCUT2D eigenvalue weighted by Gasteiger charge is -2.34. The minimum Gasteiger partial charge on any atom is -0.381 e. The maximum absolute atomic E-state index is 5.82. The summed E-state index contributed by atoms with van der Waals surface area (Å²) in [6, 6.07) is 0.